The molecular weight excluding hydrogens is 731 g/mol. The number of nitrogens with zero attached hydrogens (tertiary/aromatic N) is 3. The molecule has 0 aliphatic rings. The number of benzene rings is 10. The summed E-state index contributed by atoms with van der Waals surface area (Å²) in [5.41, 5.74) is 14.6. The van der Waals surface area contributed by atoms with E-state index in [-0.39, 0.29) is 0 Å². The van der Waals surface area contributed by atoms with Crippen LogP contribution in [0.2, 0.25) is 0 Å². The van der Waals surface area contributed by atoms with Crippen LogP contribution >= 0.6 is 0 Å². The van der Waals surface area contributed by atoms with Gasteiger partial charge in [0.15, 0.2) is 0 Å². The second-order valence-corrected chi connectivity index (χ2v) is 16.1. The number of aromatic nitrogens is 2. The number of rotatable bonds is 4. The van der Waals surface area contributed by atoms with Crippen LogP contribution in [0.4, 0.5) is 17.1 Å². The molecule has 278 valence electrons. The van der Waals surface area contributed by atoms with E-state index in [2.05, 4.69) is 202 Å². The number of para-hydroxylation sites is 3. The van der Waals surface area contributed by atoms with Crippen molar-refractivity contribution >= 4 is 115 Å². The minimum Gasteiger partial charge on any atom is -0.456 e. The molecule has 4 heteroatoms. The Labute approximate surface area is 343 Å². The van der Waals surface area contributed by atoms with E-state index in [1.807, 2.05) is 12.1 Å². The highest BCUT2D eigenvalue weighted by Crippen LogP contribution is 2.45. The second kappa shape index (κ2) is 11.8. The van der Waals surface area contributed by atoms with Crippen LogP contribution in [0, 0.1) is 0 Å². The van der Waals surface area contributed by atoms with E-state index >= 15 is 0 Å². The van der Waals surface area contributed by atoms with Crippen molar-refractivity contribution in [3.63, 3.8) is 0 Å². The smallest absolute Gasteiger partial charge is 0.135 e. The molecule has 0 saturated heterocycles. The number of hydrogen-bond donors (Lipinski definition) is 0. The van der Waals surface area contributed by atoms with Crippen LogP contribution in [0.25, 0.3) is 109 Å². The topological polar surface area (TPSA) is 25.2 Å². The highest BCUT2D eigenvalue weighted by molar-refractivity contribution is 6.25. The molecule has 4 aromatic heterocycles. The summed E-state index contributed by atoms with van der Waals surface area (Å²) in [5.74, 6) is 0. The molecule has 0 aliphatic carbocycles. The lowest BCUT2D eigenvalue weighted by Gasteiger charge is -2.26. The zero-order chi connectivity index (χ0) is 39.1. The van der Waals surface area contributed by atoms with E-state index in [0.29, 0.717) is 0 Å². The monoisotopic (exact) mass is 763 g/mol. The Kier molecular flexibility index (Phi) is 6.26. The molecule has 0 radical (unpaired) electrons. The third-order valence-electron chi connectivity index (χ3n) is 13.0. The van der Waals surface area contributed by atoms with E-state index < -0.39 is 0 Å². The van der Waals surface area contributed by atoms with Crippen molar-refractivity contribution in [2.45, 2.75) is 0 Å². The first-order chi connectivity index (χ1) is 29.8. The van der Waals surface area contributed by atoms with Crippen molar-refractivity contribution in [1.29, 1.82) is 0 Å². The van der Waals surface area contributed by atoms with Gasteiger partial charge in [0.1, 0.15) is 11.2 Å². The second-order valence-electron chi connectivity index (χ2n) is 16.1. The fraction of sp³-hybridized carbons (Fsp3) is 0. The van der Waals surface area contributed by atoms with Crippen molar-refractivity contribution in [1.82, 2.24) is 8.80 Å². The minimum atomic E-state index is 0.880. The first-order valence-electron chi connectivity index (χ1n) is 20.6. The predicted molar refractivity (Wildman–Crippen MR) is 252 cm³/mol. The van der Waals surface area contributed by atoms with Gasteiger partial charge in [-0.25, -0.2) is 0 Å². The quantitative estimate of drug-likeness (QED) is 0.132. The fourth-order valence-electron chi connectivity index (χ4n) is 10.4. The molecule has 0 spiro atoms. The molecule has 10 aromatic carbocycles. The third-order valence-corrected chi connectivity index (χ3v) is 13.0. The van der Waals surface area contributed by atoms with Gasteiger partial charge in [-0.05, 0) is 105 Å². The van der Waals surface area contributed by atoms with Gasteiger partial charge in [0, 0.05) is 49.4 Å². The lowest BCUT2D eigenvalue weighted by Crippen LogP contribution is -2.10. The molecule has 4 heterocycles. The summed E-state index contributed by atoms with van der Waals surface area (Å²) in [6.45, 7) is 0. The maximum absolute atomic E-state index is 6.33. The van der Waals surface area contributed by atoms with Crippen molar-refractivity contribution in [3.05, 3.63) is 200 Å². The highest BCUT2D eigenvalue weighted by atomic mass is 16.3. The minimum absolute atomic E-state index is 0.880. The number of hydrogen-bond acceptors (Lipinski definition) is 2. The number of anilines is 3. The van der Waals surface area contributed by atoms with Gasteiger partial charge in [-0.3, -0.25) is 0 Å². The van der Waals surface area contributed by atoms with Crippen LogP contribution < -0.4 is 4.90 Å². The standard InChI is InChI=1S/C56H33N3O/c1-2-12-39-35(11-1)31-47(41-14-4-3-13-40(39)41)34-21-23-36(24-22-34)57(37-26-30-54-48(32-37)44-17-7-10-20-53(44)60-54)38-25-29-51-52(33-38)59-50-19-9-6-16-43(50)46-28-27-45-42-15-5-8-18-49(42)58(51)55(45)56(46)59/h1-33H. The largest absolute Gasteiger partial charge is 0.456 e. The average Bonchev–Trinajstić information content (AvgIpc) is 3.97. The summed E-state index contributed by atoms with van der Waals surface area (Å²) in [7, 11) is 0. The molecule has 0 N–H and O–H groups in total. The zero-order valence-electron chi connectivity index (χ0n) is 32.3. The van der Waals surface area contributed by atoms with Gasteiger partial charge in [-0.2, -0.15) is 0 Å². The maximum atomic E-state index is 6.33. The van der Waals surface area contributed by atoms with Crippen molar-refractivity contribution in [2.75, 3.05) is 4.90 Å². The molecule has 14 aromatic rings. The van der Waals surface area contributed by atoms with Gasteiger partial charge in [-0.1, -0.05) is 127 Å². The Morgan fingerprint density at radius 3 is 1.62 bits per heavy atom. The maximum Gasteiger partial charge on any atom is 0.135 e. The van der Waals surface area contributed by atoms with Crippen LogP contribution in [-0.4, -0.2) is 8.80 Å². The molecule has 4 nitrogen and oxygen atoms in total. The lowest BCUT2D eigenvalue weighted by atomic mass is 9.93. The van der Waals surface area contributed by atoms with Crippen LogP contribution in [-0.2, 0) is 0 Å². The van der Waals surface area contributed by atoms with Crippen molar-refractivity contribution in [2.24, 2.45) is 0 Å². The molecule has 0 aliphatic heterocycles. The fourth-order valence-corrected chi connectivity index (χ4v) is 10.4. The van der Waals surface area contributed by atoms with E-state index in [9.17, 15) is 0 Å². The van der Waals surface area contributed by atoms with Crippen molar-refractivity contribution < 1.29 is 4.42 Å². The van der Waals surface area contributed by atoms with Crippen molar-refractivity contribution in [3.8, 4) is 11.1 Å². The molecular formula is C56H33N3O. The van der Waals surface area contributed by atoms with Gasteiger partial charge in [0.2, 0.25) is 0 Å². The number of fused-ring (bicyclic) bond motifs is 15. The van der Waals surface area contributed by atoms with Crippen LogP contribution in [0.15, 0.2) is 205 Å². The van der Waals surface area contributed by atoms with E-state index in [0.717, 1.165) is 44.5 Å². The SMILES string of the molecule is c1ccc2c(c1)cc(-c1ccc(N(c3ccc4oc5ccccc5c4c3)c3ccc4c(c3)n3c5ccccc5c5ccc6c7ccccc7n4c6c53)cc1)c1ccccc12. The first-order valence-corrected chi connectivity index (χ1v) is 20.6. The summed E-state index contributed by atoms with van der Waals surface area (Å²) < 4.78 is 11.3. The zero-order valence-corrected chi connectivity index (χ0v) is 32.3. The van der Waals surface area contributed by atoms with E-state index in [1.165, 1.54) is 81.8 Å². The lowest BCUT2D eigenvalue weighted by molar-refractivity contribution is 0.669. The molecule has 0 atom stereocenters. The molecule has 0 amide bonds. The van der Waals surface area contributed by atoms with Crippen LogP contribution in [0.5, 0.6) is 0 Å². The van der Waals surface area contributed by atoms with Gasteiger partial charge < -0.3 is 18.1 Å². The summed E-state index contributed by atoms with van der Waals surface area (Å²) in [6, 6.07) is 73.1. The van der Waals surface area contributed by atoms with Crippen LogP contribution in [0.3, 0.4) is 0 Å². The van der Waals surface area contributed by atoms with Gasteiger partial charge >= 0.3 is 0 Å². The van der Waals surface area contributed by atoms with Gasteiger partial charge in [0.25, 0.3) is 0 Å². The molecule has 60 heavy (non-hydrogen) atoms. The Bertz CT molecular complexity index is 4070. The molecule has 0 bridgehead atoms. The van der Waals surface area contributed by atoms with E-state index in [4.69, 9.17) is 4.42 Å². The van der Waals surface area contributed by atoms with Gasteiger partial charge in [-0.15, -0.1) is 0 Å². The summed E-state index contributed by atoms with van der Waals surface area (Å²) in [5, 5.41) is 12.3. The normalized spacial score (nSPS) is 12.3. The average molecular weight is 764 g/mol. The Balaban J connectivity index is 1.04. The van der Waals surface area contributed by atoms with E-state index in [1.54, 1.807) is 0 Å². The summed E-state index contributed by atoms with van der Waals surface area (Å²) in [4.78, 5) is 2.40. The van der Waals surface area contributed by atoms with Gasteiger partial charge in [0.05, 0.1) is 33.1 Å². The Morgan fingerprint density at radius 2 is 0.867 bits per heavy atom. The molecule has 0 unspecified atom stereocenters. The molecule has 0 saturated carbocycles. The number of furan rings is 1. The molecule has 0 fully saturated rings. The Hall–Kier alpha value is -8.08. The van der Waals surface area contributed by atoms with Crippen LogP contribution in [0.1, 0.15) is 0 Å². The Morgan fingerprint density at radius 1 is 0.317 bits per heavy atom. The highest BCUT2D eigenvalue weighted by Gasteiger charge is 2.23. The first kappa shape index (κ1) is 31.9. The predicted octanol–water partition coefficient (Wildman–Crippen LogP) is 15.6. The molecule has 14 rings (SSSR count). The third kappa shape index (κ3) is 4.24. The summed E-state index contributed by atoms with van der Waals surface area (Å²) >= 11 is 0. The summed E-state index contributed by atoms with van der Waals surface area (Å²) in [6.07, 6.45) is 0.